The van der Waals surface area contributed by atoms with Gasteiger partial charge in [0.1, 0.15) is 0 Å². The van der Waals surface area contributed by atoms with Gasteiger partial charge in [0.25, 0.3) is 0 Å². The molecule has 2 saturated carbocycles. The van der Waals surface area contributed by atoms with Gasteiger partial charge >= 0.3 is 0 Å². The van der Waals surface area contributed by atoms with Crippen LogP contribution in [0.15, 0.2) is 5.11 Å². The molecule has 0 heterocycles. The van der Waals surface area contributed by atoms with Crippen LogP contribution >= 0.6 is 0 Å². The zero-order valence-electron chi connectivity index (χ0n) is 8.34. The second-order valence-corrected chi connectivity index (χ2v) is 4.66. The van der Waals surface area contributed by atoms with Gasteiger partial charge in [-0.1, -0.05) is 5.11 Å². The van der Waals surface area contributed by atoms with E-state index in [0.717, 1.165) is 38.5 Å². The molecule has 0 aromatic rings. The Morgan fingerprint density at radius 3 is 2.57 bits per heavy atom. The van der Waals surface area contributed by atoms with Crippen LogP contribution in [0.25, 0.3) is 10.4 Å². The average Bonchev–Trinajstić information content (AvgIpc) is 2.19. The molecule has 0 aromatic heterocycles. The van der Waals surface area contributed by atoms with E-state index in [1.54, 1.807) is 0 Å². The summed E-state index contributed by atoms with van der Waals surface area (Å²) in [4.78, 5) is 2.89. The molecule has 14 heavy (non-hydrogen) atoms. The first-order valence-corrected chi connectivity index (χ1v) is 5.52. The van der Waals surface area contributed by atoms with Crippen molar-refractivity contribution in [2.75, 3.05) is 0 Å². The van der Waals surface area contributed by atoms with Gasteiger partial charge in [0.05, 0.1) is 6.10 Å². The Morgan fingerprint density at radius 2 is 1.79 bits per heavy atom. The van der Waals surface area contributed by atoms with Crippen LogP contribution in [0.2, 0.25) is 0 Å². The minimum atomic E-state index is -0.0766. The van der Waals surface area contributed by atoms with Crippen LogP contribution in [0.3, 0.4) is 0 Å². The maximum atomic E-state index is 9.54. The van der Waals surface area contributed by atoms with Gasteiger partial charge in [-0.15, -0.1) is 0 Å². The molecule has 4 nitrogen and oxygen atoms in total. The molecule has 0 radical (unpaired) electrons. The summed E-state index contributed by atoms with van der Waals surface area (Å²) in [6.07, 6.45) is 6.12. The Balaban J connectivity index is 1.94. The highest BCUT2D eigenvalue weighted by Crippen LogP contribution is 2.41. The maximum Gasteiger partial charge on any atom is 0.0543 e. The number of aliphatic hydroxyl groups excluding tert-OH is 1. The smallest absolute Gasteiger partial charge is 0.0543 e. The Morgan fingerprint density at radius 1 is 1.07 bits per heavy atom. The largest absolute Gasteiger partial charge is 0.393 e. The number of nitrogens with zero attached hydrogens (tertiary/aromatic N) is 3. The monoisotopic (exact) mass is 195 g/mol. The van der Waals surface area contributed by atoms with Crippen molar-refractivity contribution in [2.45, 2.75) is 50.7 Å². The van der Waals surface area contributed by atoms with Gasteiger partial charge in [0.2, 0.25) is 0 Å². The molecule has 2 aliphatic rings. The molecule has 78 valence electrons. The standard InChI is InChI=1S/C10H17N3O/c11-13-12-9-3-1-8-6-10(14)4-2-7(8)5-9/h7-10,14H,1-6H2. The highest BCUT2D eigenvalue weighted by atomic mass is 16.3. The van der Waals surface area contributed by atoms with Crippen molar-refractivity contribution in [1.29, 1.82) is 0 Å². The van der Waals surface area contributed by atoms with E-state index in [0.29, 0.717) is 11.8 Å². The number of aliphatic hydroxyl groups is 1. The molecule has 1 N–H and O–H groups in total. The summed E-state index contributed by atoms with van der Waals surface area (Å²) in [5, 5.41) is 13.3. The second-order valence-electron chi connectivity index (χ2n) is 4.66. The molecule has 4 unspecified atom stereocenters. The third-order valence-corrected chi connectivity index (χ3v) is 3.77. The SMILES string of the molecule is [N-]=[N+]=NC1CCC2CC(O)CCC2C1. The van der Waals surface area contributed by atoms with Crippen molar-refractivity contribution >= 4 is 0 Å². The summed E-state index contributed by atoms with van der Waals surface area (Å²) < 4.78 is 0. The van der Waals surface area contributed by atoms with Crippen LogP contribution in [-0.2, 0) is 0 Å². The minimum Gasteiger partial charge on any atom is -0.393 e. The number of fused-ring (bicyclic) bond motifs is 1. The molecular weight excluding hydrogens is 178 g/mol. The van der Waals surface area contributed by atoms with Crippen molar-refractivity contribution in [1.82, 2.24) is 0 Å². The van der Waals surface area contributed by atoms with Crippen LogP contribution < -0.4 is 0 Å². The van der Waals surface area contributed by atoms with Gasteiger partial charge in [0.15, 0.2) is 0 Å². The van der Waals surface area contributed by atoms with Crippen LogP contribution in [0.5, 0.6) is 0 Å². The first-order chi connectivity index (χ1) is 6.79. The Hall–Kier alpha value is -0.730. The second kappa shape index (κ2) is 4.20. The predicted octanol–water partition coefficient (Wildman–Crippen LogP) is 2.63. The van der Waals surface area contributed by atoms with Crippen molar-refractivity contribution in [3.8, 4) is 0 Å². The number of azide groups is 1. The fourth-order valence-corrected chi connectivity index (χ4v) is 3.02. The van der Waals surface area contributed by atoms with E-state index >= 15 is 0 Å². The van der Waals surface area contributed by atoms with Crippen molar-refractivity contribution in [2.24, 2.45) is 17.0 Å². The van der Waals surface area contributed by atoms with Gasteiger partial charge in [-0.25, -0.2) is 0 Å². The quantitative estimate of drug-likeness (QED) is 0.390. The number of rotatable bonds is 1. The van der Waals surface area contributed by atoms with Crippen LogP contribution in [0, 0.1) is 11.8 Å². The molecule has 0 spiro atoms. The predicted molar refractivity (Wildman–Crippen MR) is 53.6 cm³/mol. The van der Waals surface area contributed by atoms with E-state index in [1.165, 1.54) is 0 Å². The third-order valence-electron chi connectivity index (χ3n) is 3.77. The molecule has 0 bridgehead atoms. The van der Waals surface area contributed by atoms with Gasteiger partial charge < -0.3 is 5.11 Å². The summed E-state index contributed by atoms with van der Waals surface area (Å²) in [5.74, 6) is 1.38. The normalized spacial score (nSPS) is 42.4. The van der Waals surface area contributed by atoms with Gasteiger partial charge in [-0.3, -0.25) is 0 Å². The van der Waals surface area contributed by atoms with E-state index in [1.807, 2.05) is 0 Å². The summed E-state index contributed by atoms with van der Waals surface area (Å²) in [5.41, 5.74) is 8.37. The first kappa shape index (κ1) is 9.81. The molecule has 4 heteroatoms. The van der Waals surface area contributed by atoms with E-state index < -0.39 is 0 Å². The highest BCUT2D eigenvalue weighted by Gasteiger charge is 2.34. The Labute approximate surface area is 83.9 Å². The molecular formula is C10H17N3O. The van der Waals surface area contributed by atoms with E-state index in [9.17, 15) is 5.11 Å². The summed E-state index contributed by atoms with van der Waals surface area (Å²) in [6.45, 7) is 0. The van der Waals surface area contributed by atoms with E-state index in [2.05, 4.69) is 10.0 Å². The Bertz CT molecular complexity index is 250. The number of hydrogen-bond acceptors (Lipinski definition) is 2. The summed E-state index contributed by atoms with van der Waals surface area (Å²) in [6, 6.07) is 0.219. The van der Waals surface area contributed by atoms with E-state index in [4.69, 9.17) is 5.53 Å². The molecule has 0 amide bonds. The lowest BCUT2D eigenvalue weighted by Gasteiger charge is -2.39. The lowest BCUT2D eigenvalue weighted by molar-refractivity contribution is 0.0448. The average molecular weight is 195 g/mol. The zero-order valence-corrected chi connectivity index (χ0v) is 8.34. The van der Waals surface area contributed by atoms with Crippen molar-refractivity contribution in [3.05, 3.63) is 10.4 Å². The molecule has 4 atom stereocenters. The fraction of sp³-hybridized carbons (Fsp3) is 1.00. The maximum absolute atomic E-state index is 9.54. The van der Waals surface area contributed by atoms with Crippen LogP contribution in [-0.4, -0.2) is 17.3 Å². The van der Waals surface area contributed by atoms with Gasteiger partial charge in [-0.05, 0) is 55.9 Å². The Kier molecular flexibility index (Phi) is 2.94. The summed E-state index contributed by atoms with van der Waals surface area (Å²) >= 11 is 0. The molecule has 0 aromatic carbocycles. The van der Waals surface area contributed by atoms with Crippen molar-refractivity contribution in [3.63, 3.8) is 0 Å². The highest BCUT2D eigenvalue weighted by molar-refractivity contribution is 4.88. The lowest BCUT2D eigenvalue weighted by atomic mass is 9.69. The molecule has 2 fully saturated rings. The topological polar surface area (TPSA) is 69.0 Å². The molecule has 2 aliphatic carbocycles. The number of hydrogen-bond donors (Lipinski definition) is 1. The summed E-state index contributed by atoms with van der Waals surface area (Å²) in [7, 11) is 0. The third kappa shape index (κ3) is 2.02. The van der Waals surface area contributed by atoms with E-state index in [-0.39, 0.29) is 12.1 Å². The van der Waals surface area contributed by atoms with Gasteiger partial charge in [0, 0.05) is 11.0 Å². The lowest BCUT2D eigenvalue weighted by Crippen LogP contribution is -2.34. The van der Waals surface area contributed by atoms with Crippen LogP contribution in [0.4, 0.5) is 0 Å². The first-order valence-electron chi connectivity index (χ1n) is 5.52. The fourth-order valence-electron chi connectivity index (χ4n) is 3.02. The molecule has 2 rings (SSSR count). The van der Waals surface area contributed by atoms with Crippen LogP contribution in [0.1, 0.15) is 38.5 Å². The van der Waals surface area contributed by atoms with Gasteiger partial charge in [-0.2, -0.15) is 0 Å². The van der Waals surface area contributed by atoms with Crippen molar-refractivity contribution < 1.29 is 5.11 Å². The molecule has 0 saturated heterocycles. The molecule has 0 aliphatic heterocycles. The minimum absolute atomic E-state index is 0.0766. The zero-order chi connectivity index (χ0) is 9.97.